The predicted molar refractivity (Wildman–Crippen MR) is 110 cm³/mol. The molecule has 1 fully saturated rings. The van der Waals surface area contributed by atoms with Crippen LogP contribution in [0.15, 0.2) is 24.5 Å². The largest absolute Gasteiger partial charge is 0.366 e. The lowest BCUT2D eigenvalue weighted by molar-refractivity contribution is 0.275. The number of halogens is 1. The van der Waals surface area contributed by atoms with Crippen molar-refractivity contribution in [3.8, 4) is 11.4 Å². The minimum absolute atomic E-state index is 0.235. The van der Waals surface area contributed by atoms with Crippen LogP contribution < -0.4 is 10.2 Å². The van der Waals surface area contributed by atoms with Crippen LogP contribution in [0.25, 0.3) is 11.4 Å². The first-order valence-corrected chi connectivity index (χ1v) is 9.43. The molecule has 1 saturated heterocycles. The van der Waals surface area contributed by atoms with Gasteiger partial charge in [-0.25, -0.2) is 9.37 Å². The zero-order chi connectivity index (χ0) is 20.5. The fourth-order valence-electron chi connectivity index (χ4n) is 3.79. The molecule has 3 aromatic heterocycles. The number of likely N-dealkylation sites (N-methyl/N-ethyl adjacent to an activating group) is 1. The normalized spacial score (nSPS) is 17.5. The van der Waals surface area contributed by atoms with Gasteiger partial charge < -0.3 is 20.5 Å². The molecule has 0 amide bonds. The molecule has 0 saturated carbocycles. The number of H-pyrrole nitrogens is 1. The highest BCUT2D eigenvalue weighted by Gasteiger charge is 2.27. The summed E-state index contributed by atoms with van der Waals surface area (Å²) in [5.41, 5.74) is 2.24. The molecule has 4 rings (SSSR count). The van der Waals surface area contributed by atoms with Gasteiger partial charge in [-0.15, -0.1) is 0 Å². The maximum absolute atomic E-state index is 14.5. The SMILES string of the molecule is C[C@@H]1CN(C)CCN1c1cc(-c2c(F)cnn2C)nc(Nc2ccn[nH]2)c1C=N. The first-order valence-electron chi connectivity index (χ1n) is 9.43. The van der Waals surface area contributed by atoms with Crippen molar-refractivity contribution in [1.29, 1.82) is 5.41 Å². The van der Waals surface area contributed by atoms with E-state index in [4.69, 9.17) is 5.41 Å². The van der Waals surface area contributed by atoms with Crippen LogP contribution in [0.2, 0.25) is 0 Å². The summed E-state index contributed by atoms with van der Waals surface area (Å²) in [6.45, 7) is 4.76. The third kappa shape index (κ3) is 3.58. The first-order chi connectivity index (χ1) is 14.0. The van der Waals surface area contributed by atoms with Crippen molar-refractivity contribution in [2.75, 3.05) is 36.9 Å². The Morgan fingerprint density at radius 1 is 1.34 bits per heavy atom. The average Bonchev–Trinajstić information content (AvgIpc) is 3.31. The monoisotopic (exact) mass is 397 g/mol. The zero-order valence-electron chi connectivity index (χ0n) is 16.6. The summed E-state index contributed by atoms with van der Waals surface area (Å²) in [6, 6.07) is 3.85. The van der Waals surface area contributed by atoms with E-state index < -0.39 is 5.82 Å². The van der Waals surface area contributed by atoms with Crippen molar-refractivity contribution in [3.05, 3.63) is 35.9 Å². The van der Waals surface area contributed by atoms with Gasteiger partial charge in [-0.05, 0) is 20.0 Å². The summed E-state index contributed by atoms with van der Waals surface area (Å²) in [7, 11) is 3.78. The van der Waals surface area contributed by atoms with E-state index in [0.29, 0.717) is 28.6 Å². The van der Waals surface area contributed by atoms with Crippen LogP contribution in [-0.2, 0) is 7.05 Å². The molecular weight excluding hydrogens is 373 g/mol. The Balaban J connectivity index is 1.88. The number of aryl methyl sites for hydroxylation is 1. The zero-order valence-corrected chi connectivity index (χ0v) is 16.6. The average molecular weight is 397 g/mol. The number of rotatable bonds is 5. The minimum Gasteiger partial charge on any atom is -0.366 e. The van der Waals surface area contributed by atoms with E-state index in [2.05, 4.69) is 49.4 Å². The molecule has 1 aliphatic rings. The topological polar surface area (TPSA) is 102 Å². The standard InChI is InChI=1S/C19H24FN9/c1-12-11-27(2)6-7-29(12)16-8-15(18-14(20)10-23-28(18)3)24-19(13(16)9-21)25-17-4-5-22-26-17/h4-5,8-10,12,21H,6-7,11H2,1-3H3,(H2,22,24,25,26)/t12-/m1/s1. The van der Waals surface area contributed by atoms with Gasteiger partial charge in [0.25, 0.3) is 0 Å². The number of hydrogen-bond donors (Lipinski definition) is 3. The lowest BCUT2D eigenvalue weighted by atomic mass is 10.1. The van der Waals surface area contributed by atoms with Crippen LogP contribution in [0.4, 0.5) is 21.7 Å². The molecule has 0 radical (unpaired) electrons. The van der Waals surface area contributed by atoms with Gasteiger partial charge in [-0.3, -0.25) is 9.78 Å². The van der Waals surface area contributed by atoms with Crippen molar-refractivity contribution in [2.24, 2.45) is 7.05 Å². The highest BCUT2D eigenvalue weighted by atomic mass is 19.1. The molecule has 3 aromatic rings. The molecule has 29 heavy (non-hydrogen) atoms. The number of pyridine rings is 1. The number of anilines is 3. The number of aromatic amines is 1. The smallest absolute Gasteiger partial charge is 0.170 e. The molecule has 9 nitrogen and oxygen atoms in total. The second-order valence-electron chi connectivity index (χ2n) is 7.30. The summed E-state index contributed by atoms with van der Waals surface area (Å²) in [5.74, 6) is 0.663. The molecule has 0 unspecified atom stereocenters. The second-order valence-corrected chi connectivity index (χ2v) is 7.30. The van der Waals surface area contributed by atoms with Crippen molar-refractivity contribution in [1.82, 2.24) is 29.9 Å². The molecule has 4 heterocycles. The lowest BCUT2D eigenvalue weighted by Crippen LogP contribution is -2.50. The van der Waals surface area contributed by atoms with E-state index in [9.17, 15) is 4.39 Å². The molecule has 0 spiro atoms. The molecular formula is C19H24FN9. The van der Waals surface area contributed by atoms with E-state index in [-0.39, 0.29) is 6.04 Å². The van der Waals surface area contributed by atoms with Gasteiger partial charge in [0.2, 0.25) is 0 Å². The van der Waals surface area contributed by atoms with E-state index in [0.717, 1.165) is 25.3 Å². The van der Waals surface area contributed by atoms with Crippen molar-refractivity contribution in [2.45, 2.75) is 13.0 Å². The van der Waals surface area contributed by atoms with Gasteiger partial charge in [0.05, 0.1) is 29.3 Å². The van der Waals surface area contributed by atoms with Gasteiger partial charge in [0.1, 0.15) is 17.3 Å². The Morgan fingerprint density at radius 3 is 2.79 bits per heavy atom. The molecule has 3 N–H and O–H groups in total. The number of nitrogens with zero attached hydrogens (tertiary/aromatic N) is 6. The lowest BCUT2D eigenvalue weighted by Gasteiger charge is -2.40. The second kappa shape index (κ2) is 7.63. The van der Waals surface area contributed by atoms with Crippen LogP contribution >= 0.6 is 0 Å². The van der Waals surface area contributed by atoms with Crippen molar-refractivity contribution in [3.63, 3.8) is 0 Å². The Kier molecular flexibility index (Phi) is 5.01. The summed E-state index contributed by atoms with van der Waals surface area (Å²) in [4.78, 5) is 9.15. The van der Waals surface area contributed by atoms with Crippen LogP contribution in [0.1, 0.15) is 12.5 Å². The minimum atomic E-state index is -0.438. The van der Waals surface area contributed by atoms with Crippen molar-refractivity contribution >= 4 is 23.5 Å². The first kappa shape index (κ1) is 19.1. The highest BCUT2D eigenvalue weighted by Crippen LogP contribution is 2.34. The summed E-state index contributed by atoms with van der Waals surface area (Å²) in [5, 5.41) is 22.0. The van der Waals surface area contributed by atoms with Crippen LogP contribution in [0, 0.1) is 11.2 Å². The Labute approximate surface area is 168 Å². The summed E-state index contributed by atoms with van der Waals surface area (Å²) < 4.78 is 15.9. The Morgan fingerprint density at radius 2 is 2.17 bits per heavy atom. The van der Waals surface area contributed by atoms with Gasteiger partial charge in [0.15, 0.2) is 5.82 Å². The fraction of sp³-hybridized carbons (Fsp3) is 0.368. The molecule has 10 heteroatoms. The third-order valence-corrected chi connectivity index (χ3v) is 5.21. The molecule has 0 bridgehead atoms. The van der Waals surface area contributed by atoms with E-state index >= 15 is 0 Å². The molecule has 0 aromatic carbocycles. The van der Waals surface area contributed by atoms with Gasteiger partial charge >= 0.3 is 0 Å². The van der Waals surface area contributed by atoms with Crippen molar-refractivity contribution < 1.29 is 4.39 Å². The highest BCUT2D eigenvalue weighted by molar-refractivity contribution is 5.95. The molecule has 1 atom stereocenters. The third-order valence-electron chi connectivity index (χ3n) is 5.21. The number of aromatic nitrogens is 5. The number of piperazine rings is 1. The van der Waals surface area contributed by atoms with Gasteiger partial charge in [-0.1, -0.05) is 0 Å². The molecule has 0 aliphatic carbocycles. The maximum Gasteiger partial charge on any atom is 0.170 e. The van der Waals surface area contributed by atoms with E-state index in [1.165, 1.54) is 17.1 Å². The van der Waals surface area contributed by atoms with Crippen LogP contribution in [-0.4, -0.2) is 68.8 Å². The van der Waals surface area contributed by atoms with Crippen LogP contribution in [0.3, 0.4) is 0 Å². The predicted octanol–water partition coefficient (Wildman–Crippen LogP) is 2.23. The quantitative estimate of drug-likeness (QED) is 0.571. The summed E-state index contributed by atoms with van der Waals surface area (Å²) >= 11 is 0. The number of nitrogens with one attached hydrogen (secondary N) is 3. The van der Waals surface area contributed by atoms with Gasteiger partial charge in [0, 0.05) is 45.0 Å². The molecule has 152 valence electrons. The van der Waals surface area contributed by atoms with E-state index in [1.54, 1.807) is 19.3 Å². The van der Waals surface area contributed by atoms with Crippen LogP contribution in [0.5, 0.6) is 0 Å². The molecule has 1 aliphatic heterocycles. The van der Waals surface area contributed by atoms with E-state index in [1.807, 2.05) is 6.07 Å². The fourth-order valence-corrected chi connectivity index (χ4v) is 3.79. The Bertz CT molecular complexity index is 992. The Hall–Kier alpha value is -3.27. The maximum atomic E-state index is 14.5. The van der Waals surface area contributed by atoms with Gasteiger partial charge in [-0.2, -0.15) is 10.2 Å². The number of hydrogen-bond acceptors (Lipinski definition) is 7. The summed E-state index contributed by atoms with van der Waals surface area (Å²) in [6.07, 6.45) is 4.09.